The monoisotopic (exact) mass is 365 g/mol. The van der Waals surface area contributed by atoms with Crippen LogP contribution < -0.4 is 5.43 Å². The van der Waals surface area contributed by atoms with Crippen LogP contribution in [0.25, 0.3) is 10.9 Å². The number of fused-ring (bicyclic) bond motifs is 1. The summed E-state index contributed by atoms with van der Waals surface area (Å²) in [6.07, 6.45) is -4.56. The number of alkyl halides is 3. The summed E-state index contributed by atoms with van der Waals surface area (Å²) in [7, 11) is 0. The van der Waals surface area contributed by atoms with Gasteiger partial charge < -0.3 is 9.67 Å². The Balaban J connectivity index is 2.23. The Bertz CT molecular complexity index is 1070. The van der Waals surface area contributed by atoms with Gasteiger partial charge in [-0.15, -0.1) is 0 Å². The summed E-state index contributed by atoms with van der Waals surface area (Å²) >= 11 is 0. The van der Waals surface area contributed by atoms with Crippen molar-refractivity contribution in [1.82, 2.24) is 4.57 Å². The highest BCUT2D eigenvalue weighted by Crippen LogP contribution is 2.30. The van der Waals surface area contributed by atoms with Crippen molar-refractivity contribution in [3.8, 4) is 0 Å². The fraction of sp³-hybridized carbons (Fsp3) is 0.111. The lowest BCUT2D eigenvalue weighted by Crippen LogP contribution is -2.24. The van der Waals surface area contributed by atoms with E-state index in [1.54, 1.807) is 0 Å². The highest BCUT2D eigenvalue weighted by molar-refractivity contribution is 5.92. The zero-order chi connectivity index (χ0) is 19.1. The van der Waals surface area contributed by atoms with Crippen LogP contribution in [0.4, 0.5) is 17.6 Å². The predicted octanol–water partition coefficient (Wildman–Crippen LogP) is 3.91. The lowest BCUT2D eigenvalue weighted by molar-refractivity contribution is -0.137. The van der Waals surface area contributed by atoms with Crippen LogP contribution in [0.1, 0.15) is 21.5 Å². The standard InChI is InChI=1S/C18H11F4NO3/c19-16-14(17(25)26)15(24)12-6-1-2-7-13(12)23(16)9-10-4-3-5-11(8-10)18(20,21)22/h1-8H,9H2,(H,25,26). The zero-order valence-corrected chi connectivity index (χ0v) is 13.0. The van der Waals surface area contributed by atoms with Crippen molar-refractivity contribution in [3.63, 3.8) is 0 Å². The van der Waals surface area contributed by atoms with Gasteiger partial charge in [-0.2, -0.15) is 17.6 Å². The van der Waals surface area contributed by atoms with E-state index in [1.165, 1.54) is 36.4 Å². The maximum absolute atomic E-state index is 14.7. The number of nitrogens with zero attached hydrogens (tertiary/aromatic N) is 1. The zero-order valence-electron chi connectivity index (χ0n) is 13.0. The van der Waals surface area contributed by atoms with Crippen molar-refractivity contribution < 1.29 is 27.5 Å². The van der Waals surface area contributed by atoms with E-state index in [2.05, 4.69) is 0 Å². The predicted molar refractivity (Wildman–Crippen MR) is 85.7 cm³/mol. The summed E-state index contributed by atoms with van der Waals surface area (Å²) in [5, 5.41) is 9.12. The third kappa shape index (κ3) is 3.05. The van der Waals surface area contributed by atoms with Gasteiger partial charge in [-0.25, -0.2) is 4.79 Å². The van der Waals surface area contributed by atoms with Crippen LogP contribution >= 0.6 is 0 Å². The van der Waals surface area contributed by atoms with E-state index in [4.69, 9.17) is 5.11 Å². The molecule has 0 amide bonds. The molecule has 0 spiro atoms. The average molecular weight is 365 g/mol. The molecule has 3 aromatic rings. The van der Waals surface area contributed by atoms with Crippen LogP contribution in [-0.2, 0) is 12.7 Å². The summed E-state index contributed by atoms with van der Waals surface area (Å²) in [6.45, 7) is -0.364. The molecule has 26 heavy (non-hydrogen) atoms. The van der Waals surface area contributed by atoms with Gasteiger partial charge in [-0.3, -0.25) is 4.79 Å². The van der Waals surface area contributed by atoms with Gasteiger partial charge in [0.25, 0.3) is 0 Å². The third-order valence-corrected chi connectivity index (χ3v) is 3.92. The molecule has 0 aliphatic rings. The van der Waals surface area contributed by atoms with Gasteiger partial charge in [0, 0.05) is 5.39 Å². The molecule has 0 aliphatic carbocycles. The van der Waals surface area contributed by atoms with E-state index < -0.39 is 34.6 Å². The summed E-state index contributed by atoms with van der Waals surface area (Å²) in [5.74, 6) is -3.05. The van der Waals surface area contributed by atoms with E-state index in [0.717, 1.165) is 16.7 Å². The van der Waals surface area contributed by atoms with E-state index in [0.29, 0.717) is 0 Å². The van der Waals surface area contributed by atoms with Gasteiger partial charge in [0.05, 0.1) is 17.6 Å². The first-order valence-corrected chi connectivity index (χ1v) is 7.40. The van der Waals surface area contributed by atoms with E-state index in [1.807, 2.05) is 0 Å². The first kappa shape index (κ1) is 17.7. The Morgan fingerprint density at radius 1 is 1.08 bits per heavy atom. The minimum absolute atomic E-state index is 0.0294. The number of benzene rings is 2. The van der Waals surface area contributed by atoms with E-state index in [-0.39, 0.29) is 23.0 Å². The Morgan fingerprint density at radius 3 is 2.42 bits per heavy atom. The number of carbonyl (C=O) groups is 1. The first-order valence-electron chi connectivity index (χ1n) is 7.40. The molecule has 0 saturated heterocycles. The van der Waals surface area contributed by atoms with Gasteiger partial charge in [-0.05, 0) is 29.8 Å². The molecule has 1 N–H and O–H groups in total. The normalized spacial score (nSPS) is 11.7. The fourth-order valence-electron chi connectivity index (χ4n) is 2.74. The number of aromatic carboxylic acids is 1. The summed E-state index contributed by atoms with van der Waals surface area (Å²) in [5.41, 5.74) is -2.72. The molecule has 134 valence electrons. The molecule has 0 unspecified atom stereocenters. The molecule has 1 heterocycles. The number of carboxylic acids is 1. The van der Waals surface area contributed by atoms with Crippen LogP contribution in [0.3, 0.4) is 0 Å². The molecular weight excluding hydrogens is 354 g/mol. The summed E-state index contributed by atoms with van der Waals surface area (Å²) < 4.78 is 54.2. The number of pyridine rings is 1. The van der Waals surface area contributed by atoms with Crippen LogP contribution in [0.5, 0.6) is 0 Å². The maximum atomic E-state index is 14.7. The molecule has 0 aliphatic heterocycles. The molecule has 4 nitrogen and oxygen atoms in total. The second-order valence-electron chi connectivity index (χ2n) is 5.60. The number of hydrogen-bond donors (Lipinski definition) is 1. The lowest BCUT2D eigenvalue weighted by Gasteiger charge is -2.15. The molecule has 0 saturated carbocycles. The molecular formula is C18H11F4NO3. The Hall–Kier alpha value is -3.16. The van der Waals surface area contributed by atoms with Crippen molar-refractivity contribution >= 4 is 16.9 Å². The highest BCUT2D eigenvalue weighted by Gasteiger charge is 2.30. The van der Waals surface area contributed by atoms with Crippen LogP contribution in [0.15, 0.2) is 53.3 Å². The third-order valence-electron chi connectivity index (χ3n) is 3.92. The minimum atomic E-state index is -4.56. The molecule has 0 fully saturated rings. The Labute approximate surface area is 143 Å². The molecule has 2 aromatic carbocycles. The van der Waals surface area contributed by atoms with Gasteiger partial charge in [0.15, 0.2) is 5.56 Å². The van der Waals surface area contributed by atoms with Crippen LogP contribution in [0.2, 0.25) is 0 Å². The van der Waals surface area contributed by atoms with Gasteiger partial charge in [-0.1, -0.05) is 24.3 Å². The SMILES string of the molecule is O=C(O)c1c(F)n(Cc2cccc(C(F)(F)F)c2)c2ccccc2c1=O. The highest BCUT2D eigenvalue weighted by atomic mass is 19.4. The van der Waals surface area contributed by atoms with Crippen molar-refractivity contribution in [3.05, 3.63) is 81.4 Å². The fourth-order valence-corrected chi connectivity index (χ4v) is 2.74. The minimum Gasteiger partial charge on any atom is -0.477 e. The number of rotatable bonds is 3. The molecule has 0 radical (unpaired) electrons. The second kappa shape index (κ2) is 6.29. The number of aromatic nitrogens is 1. The van der Waals surface area contributed by atoms with Crippen molar-refractivity contribution in [2.45, 2.75) is 12.7 Å². The number of para-hydroxylation sites is 1. The Morgan fingerprint density at radius 2 is 1.77 bits per heavy atom. The quantitative estimate of drug-likeness (QED) is 0.566. The average Bonchev–Trinajstić information content (AvgIpc) is 2.58. The molecule has 3 rings (SSSR count). The maximum Gasteiger partial charge on any atom is 0.416 e. The van der Waals surface area contributed by atoms with Gasteiger partial charge in [0.1, 0.15) is 0 Å². The molecule has 0 bridgehead atoms. The van der Waals surface area contributed by atoms with Crippen molar-refractivity contribution in [2.75, 3.05) is 0 Å². The van der Waals surface area contributed by atoms with Crippen LogP contribution in [-0.4, -0.2) is 15.6 Å². The van der Waals surface area contributed by atoms with E-state index >= 15 is 0 Å². The molecule has 8 heteroatoms. The largest absolute Gasteiger partial charge is 0.477 e. The van der Waals surface area contributed by atoms with Crippen molar-refractivity contribution in [1.29, 1.82) is 0 Å². The molecule has 0 atom stereocenters. The van der Waals surface area contributed by atoms with Gasteiger partial charge >= 0.3 is 12.1 Å². The summed E-state index contributed by atoms with van der Waals surface area (Å²) in [6, 6.07) is 10.0. The summed E-state index contributed by atoms with van der Waals surface area (Å²) in [4.78, 5) is 23.5. The topological polar surface area (TPSA) is 59.3 Å². The number of halogens is 4. The number of carboxylic acid groups (broad SMARTS) is 1. The second-order valence-corrected chi connectivity index (χ2v) is 5.60. The number of hydrogen-bond acceptors (Lipinski definition) is 2. The first-order chi connectivity index (χ1) is 12.2. The van der Waals surface area contributed by atoms with Crippen molar-refractivity contribution in [2.24, 2.45) is 0 Å². The smallest absolute Gasteiger partial charge is 0.416 e. The van der Waals surface area contributed by atoms with Crippen LogP contribution in [0, 0.1) is 5.95 Å². The van der Waals surface area contributed by atoms with Gasteiger partial charge in [0.2, 0.25) is 11.4 Å². The Kier molecular flexibility index (Phi) is 4.27. The lowest BCUT2D eigenvalue weighted by atomic mass is 10.1. The molecule has 1 aromatic heterocycles. The van der Waals surface area contributed by atoms with E-state index in [9.17, 15) is 27.2 Å².